The minimum Gasteiger partial charge on any atom is -0.462 e. The molecule has 0 aliphatic rings. The van der Waals surface area contributed by atoms with Crippen LogP contribution in [0, 0.1) is 11.3 Å². The third kappa shape index (κ3) is 4.28. The number of carbonyl (C=O) groups excluding carboxylic acids is 1. The van der Waals surface area contributed by atoms with Gasteiger partial charge in [-0.1, -0.05) is 12.1 Å². The first-order valence-electron chi connectivity index (χ1n) is 6.95. The van der Waals surface area contributed by atoms with E-state index in [4.69, 9.17) is 10.00 Å². The largest absolute Gasteiger partial charge is 0.462 e. The lowest BCUT2D eigenvalue weighted by Crippen LogP contribution is -2.10. The second-order valence-electron chi connectivity index (χ2n) is 4.50. The van der Waals surface area contributed by atoms with Crippen molar-refractivity contribution in [2.75, 3.05) is 18.5 Å². The first-order chi connectivity index (χ1) is 10.7. The number of benzene rings is 1. The number of nitrogens with zero attached hydrogens (tertiary/aromatic N) is 3. The molecule has 6 heteroatoms. The van der Waals surface area contributed by atoms with E-state index >= 15 is 0 Å². The van der Waals surface area contributed by atoms with Gasteiger partial charge in [0.25, 0.3) is 0 Å². The van der Waals surface area contributed by atoms with Crippen molar-refractivity contribution in [1.29, 1.82) is 5.26 Å². The van der Waals surface area contributed by atoms with Crippen LogP contribution in [-0.2, 0) is 11.2 Å². The third-order valence-electron chi connectivity index (χ3n) is 2.94. The summed E-state index contributed by atoms with van der Waals surface area (Å²) in [4.78, 5) is 19.6. The Labute approximate surface area is 128 Å². The average Bonchev–Trinajstić information content (AvgIpc) is 2.56. The molecule has 2 rings (SSSR count). The molecule has 0 radical (unpaired) electrons. The highest BCUT2D eigenvalue weighted by molar-refractivity contribution is 5.88. The minimum atomic E-state index is -0.424. The Hall–Kier alpha value is -2.94. The molecule has 22 heavy (non-hydrogen) atoms. The maximum absolute atomic E-state index is 11.5. The Balaban J connectivity index is 1.84. The fraction of sp³-hybridized carbons (Fsp3) is 0.250. The SMILES string of the molecule is CCOC(=O)c1cnc(NCCc2ccc(C#N)cc2)nc1. The summed E-state index contributed by atoms with van der Waals surface area (Å²) in [6.45, 7) is 2.73. The molecule has 1 aromatic heterocycles. The van der Waals surface area contributed by atoms with Crippen molar-refractivity contribution in [2.45, 2.75) is 13.3 Å². The number of nitrogens with one attached hydrogen (secondary N) is 1. The van der Waals surface area contributed by atoms with Gasteiger partial charge in [-0.2, -0.15) is 5.26 Å². The topological polar surface area (TPSA) is 87.9 Å². The van der Waals surface area contributed by atoms with E-state index in [-0.39, 0.29) is 0 Å². The molecule has 1 heterocycles. The average molecular weight is 296 g/mol. The fourth-order valence-corrected chi connectivity index (χ4v) is 1.80. The number of esters is 1. The molecule has 6 nitrogen and oxygen atoms in total. The van der Waals surface area contributed by atoms with Crippen molar-refractivity contribution in [3.05, 3.63) is 53.3 Å². The number of anilines is 1. The van der Waals surface area contributed by atoms with Gasteiger partial charge in [-0.15, -0.1) is 0 Å². The molecular weight excluding hydrogens is 280 g/mol. The zero-order valence-electron chi connectivity index (χ0n) is 12.2. The number of nitriles is 1. The van der Waals surface area contributed by atoms with Crippen LogP contribution in [0.3, 0.4) is 0 Å². The quantitative estimate of drug-likeness (QED) is 0.822. The molecule has 0 unspecified atom stereocenters. The van der Waals surface area contributed by atoms with Gasteiger partial charge >= 0.3 is 5.97 Å². The van der Waals surface area contributed by atoms with Crippen molar-refractivity contribution in [2.24, 2.45) is 0 Å². The van der Waals surface area contributed by atoms with Crippen LogP contribution in [0.1, 0.15) is 28.4 Å². The molecule has 112 valence electrons. The van der Waals surface area contributed by atoms with E-state index in [0.29, 0.717) is 30.2 Å². The Morgan fingerprint density at radius 2 is 1.95 bits per heavy atom. The van der Waals surface area contributed by atoms with Crippen LogP contribution in [0.4, 0.5) is 5.95 Å². The van der Waals surface area contributed by atoms with Crippen molar-refractivity contribution >= 4 is 11.9 Å². The first-order valence-corrected chi connectivity index (χ1v) is 6.95. The molecule has 0 saturated carbocycles. The van der Waals surface area contributed by atoms with Gasteiger partial charge in [-0.3, -0.25) is 0 Å². The van der Waals surface area contributed by atoms with E-state index in [1.165, 1.54) is 12.4 Å². The highest BCUT2D eigenvalue weighted by Crippen LogP contribution is 2.06. The zero-order valence-corrected chi connectivity index (χ0v) is 12.2. The van der Waals surface area contributed by atoms with Gasteiger partial charge in [0.1, 0.15) is 0 Å². The van der Waals surface area contributed by atoms with E-state index in [0.717, 1.165) is 12.0 Å². The minimum absolute atomic E-state index is 0.323. The number of aromatic nitrogens is 2. The number of hydrogen-bond donors (Lipinski definition) is 1. The summed E-state index contributed by atoms with van der Waals surface area (Å²) >= 11 is 0. The van der Waals surface area contributed by atoms with Crippen LogP contribution in [0.2, 0.25) is 0 Å². The highest BCUT2D eigenvalue weighted by atomic mass is 16.5. The van der Waals surface area contributed by atoms with Crippen LogP contribution in [-0.4, -0.2) is 29.1 Å². The van der Waals surface area contributed by atoms with Crippen LogP contribution in [0.25, 0.3) is 0 Å². The lowest BCUT2D eigenvalue weighted by molar-refractivity contribution is 0.0525. The number of carbonyl (C=O) groups is 1. The number of hydrogen-bond acceptors (Lipinski definition) is 6. The summed E-state index contributed by atoms with van der Waals surface area (Å²) in [7, 11) is 0. The van der Waals surface area contributed by atoms with Gasteiger partial charge in [0.15, 0.2) is 0 Å². The van der Waals surface area contributed by atoms with E-state index in [1.807, 2.05) is 12.1 Å². The molecule has 0 amide bonds. The van der Waals surface area contributed by atoms with Gasteiger partial charge in [0, 0.05) is 18.9 Å². The summed E-state index contributed by atoms with van der Waals surface area (Å²) in [5, 5.41) is 11.8. The predicted octanol–water partition coefficient (Wildman–Crippen LogP) is 2.18. The van der Waals surface area contributed by atoms with Crippen LogP contribution in [0.5, 0.6) is 0 Å². The Kier molecular flexibility index (Phi) is 5.44. The Morgan fingerprint density at radius 1 is 1.27 bits per heavy atom. The molecule has 1 aromatic carbocycles. The molecule has 0 aliphatic heterocycles. The van der Waals surface area contributed by atoms with Gasteiger partial charge in [-0.05, 0) is 31.0 Å². The summed E-state index contributed by atoms with van der Waals surface area (Å²) in [5.74, 6) is 0.0355. The standard InChI is InChI=1S/C16H16N4O2/c1-2-22-15(21)14-10-19-16(20-11-14)18-8-7-12-3-5-13(9-17)6-4-12/h3-6,10-11H,2,7-8H2,1H3,(H,18,19,20). The monoisotopic (exact) mass is 296 g/mol. The Bertz CT molecular complexity index is 660. The smallest absolute Gasteiger partial charge is 0.341 e. The number of ether oxygens (including phenoxy) is 1. The molecular formula is C16H16N4O2. The normalized spacial score (nSPS) is 9.82. The van der Waals surface area contributed by atoms with Crippen molar-refractivity contribution in [3.63, 3.8) is 0 Å². The molecule has 1 N–H and O–H groups in total. The van der Waals surface area contributed by atoms with Crippen LogP contribution < -0.4 is 5.32 Å². The maximum atomic E-state index is 11.5. The lowest BCUT2D eigenvalue weighted by Gasteiger charge is -2.06. The molecule has 0 atom stereocenters. The summed E-state index contributed by atoms with van der Waals surface area (Å²) in [5.41, 5.74) is 2.10. The van der Waals surface area contributed by atoms with Crippen molar-refractivity contribution in [3.8, 4) is 6.07 Å². The molecule has 0 spiro atoms. The van der Waals surface area contributed by atoms with Crippen molar-refractivity contribution in [1.82, 2.24) is 9.97 Å². The first kappa shape index (κ1) is 15.4. The van der Waals surface area contributed by atoms with Crippen LogP contribution in [0.15, 0.2) is 36.7 Å². The van der Waals surface area contributed by atoms with Gasteiger partial charge < -0.3 is 10.1 Å². The zero-order chi connectivity index (χ0) is 15.8. The molecule has 0 fully saturated rings. The second-order valence-corrected chi connectivity index (χ2v) is 4.50. The van der Waals surface area contributed by atoms with E-state index < -0.39 is 5.97 Å². The highest BCUT2D eigenvalue weighted by Gasteiger charge is 2.07. The Morgan fingerprint density at radius 3 is 2.55 bits per heavy atom. The second kappa shape index (κ2) is 7.74. The number of rotatable bonds is 6. The predicted molar refractivity (Wildman–Crippen MR) is 81.3 cm³/mol. The van der Waals surface area contributed by atoms with Gasteiger partial charge in [0.2, 0.25) is 5.95 Å². The van der Waals surface area contributed by atoms with E-state index in [9.17, 15) is 4.79 Å². The van der Waals surface area contributed by atoms with E-state index in [2.05, 4.69) is 21.4 Å². The van der Waals surface area contributed by atoms with Gasteiger partial charge in [0.05, 0.1) is 23.8 Å². The third-order valence-corrected chi connectivity index (χ3v) is 2.94. The lowest BCUT2D eigenvalue weighted by atomic mass is 10.1. The fourth-order valence-electron chi connectivity index (χ4n) is 1.80. The van der Waals surface area contributed by atoms with Crippen molar-refractivity contribution < 1.29 is 9.53 Å². The molecule has 0 aliphatic carbocycles. The summed E-state index contributed by atoms with van der Waals surface area (Å²) < 4.78 is 4.86. The molecule has 2 aromatic rings. The summed E-state index contributed by atoms with van der Waals surface area (Å²) in [6, 6.07) is 9.51. The maximum Gasteiger partial charge on any atom is 0.341 e. The van der Waals surface area contributed by atoms with Crippen LogP contribution >= 0.6 is 0 Å². The van der Waals surface area contributed by atoms with Gasteiger partial charge in [-0.25, -0.2) is 14.8 Å². The van der Waals surface area contributed by atoms with E-state index in [1.54, 1.807) is 19.1 Å². The summed E-state index contributed by atoms with van der Waals surface area (Å²) in [6.07, 6.45) is 3.67. The molecule has 0 saturated heterocycles. The molecule has 0 bridgehead atoms.